The summed E-state index contributed by atoms with van der Waals surface area (Å²) >= 11 is 11.8. The summed E-state index contributed by atoms with van der Waals surface area (Å²) in [6.45, 7) is 3.52. The molecule has 1 atom stereocenters. The van der Waals surface area contributed by atoms with E-state index in [1.807, 2.05) is 62.4 Å². The lowest BCUT2D eigenvalue weighted by Gasteiger charge is -2.21. The van der Waals surface area contributed by atoms with Crippen molar-refractivity contribution in [3.63, 3.8) is 0 Å². The Morgan fingerprint density at radius 3 is 2.15 bits per heavy atom. The van der Waals surface area contributed by atoms with Crippen molar-refractivity contribution in [3.05, 3.63) is 105 Å². The minimum atomic E-state index is -0.514. The third kappa shape index (κ3) is 6.83. The number of rotatable bonds is 8. The average Bonchev–Trinajstić information content (AvgIpc) is 2.82. The van der Waals surface area contributed by atoms with Crippen LogP contribution >= 0.6 is 23.2 Å². The van der Waals surface area contributed by atoms with E-state index in [0.29, 0.717) is 5.02 Å². The van der Waals surface area contributed by atoms with Crippen LogP contribution in [-0.4, -0.2) is 30.8 Å². The predicted octanol–water partition coefficient (Wildman–Crippen LogP) is 4.36. The first-order valence-corrected chi connectivity index (χ1v) is 11.4. The van der Waals surface area contributed by atoms with Crippen LogP contribution in [0.1, 0.15) is 38.7 Å². The van der Waals surface area contributed by atoms with Crippen molar-refractivity contribution >= 4 is 40.9 Å². The zero-order chi connectivity index (χ0) is 24.7. The average molecular weight is 498 g/mol. The van der Waals surface area contributed by atoms with Gasteiger partial charge >= 0.3 is 0 Å². The second-order valence-electron chi connectivity index (χ2n) is 7.84. The Kier molecular flexibility index (Phi) is 8.68. The molecule has 176 valence electrons. The van der Waals surface area contributed by atoms with Crippen LogP contribution in [0, 0.1) is 13.8 Å². The zero-order valence-corrected chi connectivity index (χ0v) is 20.3. The van der Waals surface area contributed by atoms with E-state index in [0.717, 1.165) is 22.3 Å². The molecule has 34 heavy (non-hydrogen) atoms. The molecule has 0 radical (unpaired) electrons. The van der Waals surface area contributed by atoms with Crippen molar-refractivity contribution in [1.29, 1.82) is 0 Å². The van der Waals surface area contributed by atoms with E-state index in [9.17, 15) is 14.4 Å². The second kappa shape index (κ2) is 11.7. The molecule has 0 heterocycles. The quantitative estimate of drug-likeness (QED) is 0.431. The number of halogens is 2. The molecule has 0 saturated carbocycles. The summed E-state index contributed by atoms with van der Waals surface area (Å²) in [5.74, 6) is -1.37. The fraction of sp³-hybridized carbons (Fsp3) is 0.192. The molecule has 3 aromatic carbocycles. The molecule has 3 amide bonds. The summed E-state index contributed by atoms with van der Waals surface area (Å²) in [6.07, 6.45) is 0. The third-order valence-electron chi connectivity index (χ3n) is 5.33. The lowest BCUT2D eigenvalue weighted by molar-refractivity contribution is -0.125. The van der Waals surface area contributed by atoms with Crippen molar-refractivity contribution in [1.82, 2.24) is 16.0 Å². The normalized spacial score (nSPS) is 11.4. The first-order chi connectivity index (χ1) is 16.2. The SMILES string of the molecule is Cc1ccc([C@@H](NC(=O)CNC(=O)CNC(=O)c2ccc(Cl)cc2Cl)c2ccccc2)cc1C. The lowest BCUT2D eigenvalue weighted by Crippen LogP contribution is -2.43. The maximum Gasteiger partial charge on any atom is 0.253 e. The van der Waals surface area contributed by atoms with E-state index in [4.69, 9.17) is 23.2 Å². The van der Waals surface area contributed by atoms with Crippen molar-refractivity contribution in [2.75, 3.05) is 13.1 Å². The molecule has 0 aromatic heterocycles. The van der Waals surface area contributed by atoms with Gasteiger partial charge in [-0.05, 0) is 54.3 Å². The maximum absolute atomic E-state index is 12.6. The fourth-order valence-corrected chi connectivity index (χ4v) is 3.83. The maximum atomic E-state index is 12.6. The highest BCUT2D eigenvalue weighted by Gasteiger charge is 2.18. The van der Waals surface area contributed by atoms with Crippen LogP contribution in [0.25, 0.3) is 0 Å². The van der Waals surface area contributed by atoms with Gasteiger partial charge in [-0.1, -0.05) is 71.7 Å². The smallest absolute Gasteiger partial charge is 0.253 e. The molecule has 6 nitrogen and oxygen atoms in total. The van der Waals surface area contributed by atoms with Crippen molar-refractivity contribution < 1.29 is 14.4 Å². The Hall–Kier alpha value is -3.35. The molecule has 3 rings (SSSR count). The molecule has 0 bridgehead atoms. The van der Waals surface area contributed by atoms with Gasteiger partial charge in [0.15, 0.2) is 0 Å². The summed E-state index contributed by atoms with van der Waals surface area (Å²) in [5, 5.41) is 8.57. The zero-order valence-electron chi connectivity index (χ0n) is 18.8. The van der Waals surface area contributed by atoms with Crippen LogP contribution in [0.4, 0.5) is 0 Å². The Morgan fingerprint density at radius 2 is 1.47 bits per heavy atom. The summed E-state index contributed by atoms with van der Waals surface area (Å²) in [4.78, 5) is 37.1. The summed E-state index contributed by atoms with van der Waals surface area (Å²) in [5.41, 5.74) is 4.36. The van der Waals surface area contributed by atoms with Crippen molar-refractivity contribution in [3.8, 4) is 0 Å². The molecule has 3 N–H and O–H groups in total. The number of aryl methyl sites for hydroxylation is 2. The number of benzene rings is 3. The molecule has 0 fully saturated rings. The van der Waals surface area contributed by atoms with Crippen LogP contribution in [0.2, 0.25) is 10.0 Å². The number of carbonyl (C=O) groups excluding carboxylic acids is 3. The van der Waals surface area contributed by atoms with Crippen molar-refractivity contribution in [2.45, 2.75) is 19.9 Å². The molecule has 0 aliphatic heterocycles. The molecule has 8 heteroatoms. The van der Waals surface area contributed by atoms with Gasteiger partial charge in [0, 0.05) is 5.02 Å². The van der Waals surface area contributed by atoms with Gasteiger partial charge in [0.05, 0.1) is 29.7 Å². The highest BCUT2D eigenvalue weighted by molar-refractivity contribution is 6.36. The number of hydrogen-bond acceptors (Lipinski definition) is 3. The van der Waals surface area contributed by atoms with Gasteiger partial charge in [-0.25, -0.2) is 0 Å². The van der Waals surface area contributed by atoms with Gasteiger partial charge in [0.2, 0.25) is 11.8 Å². The molecule has 0 saturated heterocycles. The minimum Gasteiger partial charge on any atom is -0.346 e. The van der Waals surface area contributed by atoms with Gasteiger partial charge in [-0.2, -0.15) is 0 Å². The van der Waals surface area contributed by atoms with Gasteiger partial charge in [-0.3, -0.25) is 14.4 Å². The van der Waals surface area contributed by atoms with Crippen LogP contribution in [-0.2, 0) is 9.59 Å². The van der Waals surface area contributed by atoms with Crippen LogP contribution < -0.4 is 16.0 Å². The lowest BCUT2D eigenvalue weighted by atomic mass is 9.95. The Balaban J connectivity index is 1.57. The van der Waals surface area contributed by atoms with Gasteiger partial charge in [0.25, 0.3) is 5.91 Å². The summed E-state index contributed by atoms with van der Waals surface area (Å²) in [7, 11) is 0. The fourth-order valence-electron chi connectivity index (χ4n) is 3.33. The standard InChI is InChI=1S/C26H25Cl2N3O3/c1-16-8-9-19(12-17(16)2)25(18-6-4-3-5-7-18)31-24(33)15-29-23(32)14-30-26(34)21-11-10-20(27)13-22(21)28/h3-13,25H,14-15H2,1-2H3,(H,29,32)(H,30,34)(H,31,33)/t25-/m0/s1. The second-order valence-corrected chi connectivity index (χ2v) is 8.68. The minimum absolute atomic E-state index is 0.183. The van der Waals surface area contributed by atoms with E-state index in [-0.39, 0.29) is 35.6 Å². The van der Waals surface area contributed by atoms with Crippen LogP contribution in [0.3, 0.4) is 0 Å². The highest BCUT2D eigenvalue weighted by Crippen LogP contribution is 2.24. The van der Waals surface area contributed by atoms with Crippen LogP contribution in [0.5, 0.6) is 0 Å². The molecular weight excluding hydrogens is 473 g/mol. The molecule has 3 aromatic rings. The van der Waals surface area contributed by atoms with E-state index in [2.05, 4.69) is 16.0 Å². The monoisotopic (exact) mass is 497 g/mol. The van der Waals surface area contributed by atoms with E-state index >= 15 is 0 Å². The van der Waals surface area contributed by atoms with Gasteiger partial charge < -0.3 is 16.0 Å². The first-order valence-electron chi connectivity index (χ1n) is 10.7. The van der Waals surface area contributed by atoms with Gasteiger partial charge in [0.1, 0.15) is 0 Å². The Morgan fingerprint density at radius 1 is 0.765 bits per heavy atom. The highest BCUT2D eigenvalue weighted by atomic mass is 35.5. The summed E-state index contributed by atoms with van der Waals surface area (Å²) < 4.78 is 0. The largest absolute Gasteiger partial charge is 0.346 e. The number of carbonyl (C=O) groups is 3. The molecule has 0 aliphatic carbocycles. The first kappa shape index (κ1) is 25.3. The molecular formula is C26H25Cl2N3O3. The van der Waals surface area contributed by atoms with E-state index in [1.165, 1.54) is 18.2 Å². The Labute approximate surface area is 208 Å². The molecule has 0 spiro atoms. The molecule has 0 aliphatic rings. The number of nitrogens with one attached hydrogen (secondary N) is 3. The van der Waals surface area contributed by atoms with Crippen LogP contribution in [0.15, 0.2) is 66.7 Å². The predicted molar refractivity (Wildman–Crippen MR) is 134 cm³/mol. The Bertz CT molecular complexity index is 1200. The number of amides is 3. The van der Waals surface area contributed by atoms with E-state index in [1.54, 1.807) is 0 Å². The summed E-state index contributed by atoms with van der Waals surface area (Å²) in [6, 6.07) is 19.7. The topological polar surface area (TPSA) is 87.3 Å². The van der Waals surface area contributed by atoms with E-state index < -0.39 is 11.8 Å². The third-order valence-corrected chi connectivity index (χ3v) is 5.88. The number of hydrogen-bond donors (Lipinski definition) is 3. The van der Waals surface area contributed by atoms with Gasteiger partial charge in [-0.15, -0.1) is 0 Å². The van der Waals surface area contributed by atoms with Crippen molar-refractivity contribution in [2.24, 2.45) is 0 Å². The molecule has 0 unspecified atom stereocenters.